The number of hydrogen-bond acceptors (Lipinski definition) is 1. The minimum Gasteiger partial charge on any atom is -0.299 e. The lowest BCUT2D eigenvalue weighted by Gasteiger charge is -2.23. The topological polar surface area (TPSA) is 17.1 Å². The van der Waals surface area contributed by atoms with Gasteiger partial charge in [0.25, 0.3) is 0 Å². The number of carbonyl (C=O) groups is 1. The van der Waals surface area contributed by atoms with Gasteiger partial charge in [0, 0.05) is 12.3 Å². The monoisotopic (exact) mass is 300 g/mol. The van der Waals surface area contributed by atoms with Crippen molar-refractivity contribution in [2.75, 3.05) is 0 Å². The average Bonchev–Trinajstić information content (AvgIpc) is 2.55. The molecule has 1 aliphatic carbocycles. The van der Waals surface area contributed by atoms with Crippen LogP contribution >= 0.6 is 0 Å². The average molecular weight is 300 g/mol. The van der Waals surface area contributed by atoms with E-state index in [9.17, 15) is 4.79 Å². The van der Waals surface area contributed by atoms with E-state index < -0.39 is 0 Å². The zero-order valence-corrected chi connectivity index (χ0v) is 14.3. The molecule has 22 heavy (non-hydrogen) atoms. The van der Waals surface area contributed by atoms with Gasteiger partial charge in [0.2, 0.25) is 0 Å². The molecule has 0 saturated heterocycles. The molecule has 1 aromatic carbocycles. The maximum Gasteiger partial charge on any atom is 0.140 e. The molecule has 1 aliphatic rings. The molecular weight excluding hydrogens is 268 g/mol. The third-order valence-electron chi connectivity index (χ3n) is 5.03. The van der Waals surface area contributed by atoms with Gasteiger partial charge in [-0.2, -0.15) is 0 Å². The summed E-state index contributed by atoms with van der Waals surface area (Å²) in [5.74, 6) is 0.660. The molecule has 2 rings (SSSR count). The number of Topliss-reactive ketones (excluding diaryl/α,β-unsaturated/α-hetero) is 1. The van der Waals surface area contributed by atoms with Gasteiger partial charge in [-0.15, -0.1) is 0 Å². The first kappa shape index (κ1) is 17.2. The molecule has 0 bridgehead atoms. The van der Waals surface area contributed by atoms with E-state index in [0.717, 1.165) is 25.7 Å². The molecule has 1 heteroatoms. The van der Waals surface area contributed by atoms with E-state index >= 15 is 0 Å². The van der Waals surface area contributed by atoms with Gasteiger partial charge in [-0.25, -0.2) is 0 Å². The van der Waals surface area contributed by atoms with Crippen molar-refractivity contribution < 1.29 is 4.79 Å². The van der Waals surface area contributed by atoms with Gasteiger partial charge in [-0.1, -0.05) is 76.1 Å². The van der Waals surface area contributed by atoms with E-state index in [2.05, 4.69) is 31.2 Å². The van der Waals surface area contributed by atoms with Crippen LogP contribution in [-0.4, -0.2) is 5.78 Å². The molecule has 1 aromatic rings. The highest BCUT2D eigenvalue weighted by molar-refractivity contribution is 5.86. The van der Waals surface area contributed by atoms with Crippen molar-refractivity contribution in [1.82, 2.24) is 0 Å². The molecule has 0 aliphatic heterocycles. The van der Waals surface area contributed by atoms with Gasteiger partial charge < -0.3 is 0 Å². The fourth-order valence-electron chi connectivity index (χ4n) is 3.69. The van der Waals surface area contributed by atoms with Crippen LogP contribution in [-0.2, 0) is 11.2 Å². The van der Waals surface area contributed by atoms with Crippen LogP contribution < -0.4 is 0 Å². The Bertz CT molecular complexity index is 449. The number of ketones is 1. The number of hydrogen-bond donors (Lipinski definition) is 0. The Hall–Kier alpha value is -1.11. The molecule has 122 valence electrons. The van der Waals surface area contributed by atoms with E-state index in [4.69, 9.17) is 0 Å². The van der Waals surface area contributed by atoms with Gasteiger partial charge in [-0.3, -0.25) is 4.79 Å². The van der Waals surface area contributed by atoms with Crippen LogP contribution in [0.15, 0.2) is 24.3 Å². The van der Waals surface area contributed by atoms with Crippen molar-refractivity contribution in [3.8, 4) is 0 Å². The predicted octanol–water partition coefficient (Wildman–Crippen LogP) is 6.21. The smallest absolute Gasteiger partial charge is 0.140 e. The molecule has 1 saturated carbocycles. The van der Waals surface area contributed by atoms with Crippen molar-refractivity contribution in [2.45, 2.75) is 89.9 Å². The van der Waals surface area contributed by atoms with E-state index in [-0.39, 0.29) is 5.92 Å². The second-order valence-corrected chi connectivity index (χ2v) is 6.83. The number of benzene rings is 1. The third-order valence-corrected chi connectivity index (χ3v) is 5.03. The first-order chi connectivity index (χ1) is 10.8. The highest BCUT2D eigenvalue weighted by Crippen LogP contribution is 2.32. The summed E-state index contributed by atoms with van der Waals surface area (Å²) in [6.45, 7) is 2.27. The Morgan fingerprint density at radius 1 is 0.955 bits per heavy atom. The summed E-state index contributed by atoms with van der Waals surface area (Å²) in [4.78, 5) is 12.2. The maximum atomic E-state index is 12.2. The van der Waals surface area contributed by atoms with Crippen LogP contribution in [0.4, 0.5) is 0 Å². The Morgan fingerprint density at radius 3 is 2.45 bits per heavy atom. The zero-order valence-electron chi connectivity index (χ0n) is 14.3. The van der Waals surface area contributed by atoms with E-state index in [1.165, 1.54) is 62.5 Å². The minimum absolute atomic E-state index is 0.189. The molecule has 1 nitrogen and oxygen atoms in total. The Kier molecular flexibility index (Phi) is 7.70. The molecule has 0 radical (unpaired) electrons. The summed E-state index contributed by atoms with van der Waals surface area (Å²) in [5.41, 5.74) is 2.76. The summed E-state index contributed by atoms with van der Waals surface area (Å²) in [5, 5.41) is 0. The molecule has 0 heterocycles. The quantitative estimate of drug-likeness (QED) is 0.496. The molecule has 1 unspecified atom stereocenters. The Labute approximate surface area is 136 Å². The van der Waals surface area contributed by atoms with Crippen molar-refractivity contribution in [2.24, 2.45) is 0 Å². The standard InChI is InChI=1S/C21H32O/c1-2-3-4-5-6-7-8-13-18-14-9-10-15-19(18)20-16-11-12-17-21(20)22/h9-10,14-15,20H,2-8,11-13,16-17H2,1H3. The maximum absolute atomic E-state index is 12.2. The number of rotatable bonds is 9. The van der Waals surface area contributed by atoms with Crippen LogP contribution in [0.25, 0.3) is 0 Å². The molecule has 0 N–H and O–H groups in total. The largest absolute Gasteiger partial charge is 0.299 e. The van der Waals surface area contributed by atoms with Crippen molar-refractivity contribution >= 4 is 5.78 Å². The van der Waals surface area contributed by atoms with Gasteiger partial charge in [-0.05, 0) is 36.8 Å². The van der Waals surface area contributed by atoms with Crippen LogP contribution in [0.1, 0.15) is 94.6 Å². The van der Waals surface area contributed by atoms with Crippen LogP contribution in [0.5, 0.6) is 0 Å². The second kappa shape index (κ2) is 9.82. The van der Waals surface area contributed by atoms with Crippen LogP contribution in [0.2, 0.25) is 0 Å². The fraction of sp³-hybridized carbons (Fsp3) is 0.667. The summed E-state index contributed by atoms with van der Waals surface area (Å²) in [6.07, 6.45) is 14.7. The number of aryl methyl sites for hydroxylation is 1. The summed E-state index contributed by atoms with van der Waals surface area (Å²) < 4.78 is 0. The van der Waals surface area contributed by atoms with Gasteiger partial charge in [0.05, 0.1) is 0 Å². The molecule has 1 fully saturated rings. The molecule has 1 atom stereocenters. The summed E-state index contributed by atoms with van der Waals surface area (Å²) >= 11 is 0. The highest BCUT2D eigenvalue weighted by Gasteiger charge is 2.25. The zero-order chi connectivity index (χ0) is 15.6. The van der Waals surface area contributed by atoms with E-state index in [1.54, 1.807) is 0 Å². The van der Waals surface area contributed by atoms with Crippen molar-refractivity contribution in [3.63, 3.8) is 0 Å². The van der Waals surface area contributed by atoms with E-state index in [0.29, 0.717) is 5.78 Å². The Morgan fingerprint density at radius 2 is 1.68 bits per heavy atom. The van der Waals surface area contributed by atoms with Crippen molar-refractivity contribution in [1.29, 1.82) is 0 Å². The highest BCUT2D eigenvalue weighted by atomic mass is 16.1. The van der Waals surface area contributed by atoms with Gasteiger partial charge in [0.1, 0.15) is 5.78 Å². The number of carbonyl (C=O) groups excluding carboxylic acids is 1. The van der Waals surface area contributed by atoms with E-state index in [1.807, 2.05) is 0 Å². The Balaban J connectivity index is 1.82. The molecule has 0 aromatic heterocycles. The first-order valence-corrected chi connectivity index (χ1v) is 9.43. The van der Waals surface area contributed by atoms with Crippen LogP contribution in [0.3, 0.4) is 0 Å². The lowest BCUT2D eigenvalue weighted by Crippen LogP contribution is -2.18. The lowest BCUT2D eigenvalue weighted by atomic mass is 9.80. The van der Waals surface area contributed by atoms with Gasteiger partial charge >= 0.3 is 0 Å². The normalized spacial score (nSPS) is 18.6. The molecule has 0 amide bonds. The molecule has 0 spiro atoms. The SMILES string of the molecule is CCCCCCCCCc1ccccc1C1CCCCC1=O. The lowest BCUT2D eigenvalue weighted by molar-refractivity contribution is -0.121. The molecular formula is C21H32O. The predicted molar refractivity (Wildman–Crippen MR) is 94.4 cm³/mol. The van der Waals surface area contributed by atoms with Crippen LogP contribution in [0, 0.1) is 0 Å². The fourth-order valence-corrected chi connectivity index (χ4v) is 3.69. The third kappa shape index (κ3) is 5.26. The summed E-state index contributed by atoms with van der Waals surface area (Å²) in [6, 6.07) is 8.68. The minimum atomic E-state index is 0.189. The number of unbranched alkanes of at least 4 members (excludes halogenated alkanes) is 6. The van der Waals surface area contributed by atoms with Crippen molar-refractivity contribution in [3.05, 3.63) is 35.4 Å². The first-order valence-electron chi connectivity index (χ1n) is 9.43. The van der Waals surface area contributed by atoms with Gasteiger partial charge in [0.15, 0.2) is 0 Å². The second-order valence-electron chi connectivity index (χ2n) is 6.83. The summed E-state index contributed by atoms with van der Waals surface area (Å²) in [7, 11) is 0.